The van der Waals surface area contributed by atoms with Crippen molar-refractivity contribution < 1.29 is 23.1 Å². The summed E-state index contributed by atoms with van der Waals surface area (Å²) in [4.78, 5) is 16.0. The molecule has 0 saturated carbocycles. The summed E-state index contributed by atoms with van der Waals surface area (Å²) in [5.41, 5.74) is -0.183. The van der Waals surface area contributed by atoms with Crippen LogP contribution in [-0.2, 0) is 12.7 Å². The molecule has 3 rings (SSSR count). The largest absolute Gasteiger partial charge is 0.477 e. The second-order valence-corrected chi connectivity index (χ2v) is 5.10. The van der Waals surface area contributed by atoms with Crippen molar-refractivity contribution >= 4 is 17.6 Å². The lowest BCUT2D eigenvalue weighted by molar-refractivity contribution is -0.145. The number of halogens is 4. The number of nitrogens with zero attached hydrogens (tertiary/aromatic N) is 7. The Labute approximate surface area is 141 Å². The number of aromatic nitrogens is 7. The van der Waals surface area contributed by atoms with Crippen molar-refractivity contribution in [1.82, 2.24) is 35.0 Å². The highest BCUT2D eigenvalue weighted by Gasteiger charge is 2.36. The van der Waals surface area contributed by atoms with Crippen molar-refractivity contribution in [3.63, 3.8) is 0 Å². The van der Waals surface area contributed by atoms with Gasteiger partial charge >= 0.3 is 12.1 Å². The predicted octanol–water partition coefficient (Wildman–Crippen LogP) is 1.67. The molecular formula is C12H7ClF3N7O2. The third-order valence-corrected chi connectivity index (χ3v) is 3.22. The average molecular weight is 374 g/mol. The summed E-state index contributed by atoms with van der Waals surface area (Å²) < 4.78 is 38.4. The molecule has 25 heavy (non-hydrogen) atoms. The van der Waals surface area contributed by atoms with Crippen molar-refractivity contribution in [2.24, 2.45) is 0 Å². The van der Waals surface area contributed by atoms with Gasteiger partial charge in [-0.3, -0.25) is 0 Å². The standard InChI is InChI=1S/C12H7ClF3N7O2/c13-7-2-1-3-17-9(7)23-8(10(24)25)4-6(19-23)5-22-20-11(18-21-22)12(14,15)16/h1-4H,5H2,(H,24,25). The Morgan fingerprint density at radius 2 is 2.08 bits per heavy atom. The van der Waals surface area contributed by atoms with Crippen LogP contribution in [0.5, 0.6) is 0 Å². The maximum Gasteiger partial charge on any atom is 0.455 e. The third kappa shape index (κ3) is 3.42. The summed E-state index contributed by atoms with van der Waals surface area (Å²) in [6, 6.07) is 4.20. The van der Waals surface area contributed by atoms with Gasteiger partial charge in [0.1, 0.15) is 6.54 Å². The summed E-state index contributed by atoms with van der Waals surface area (Å²) in [5.74, 6) is -2.66. The number of carboxylic acids is 1. The first kappa shape index (κ1) is 16.8. The number of hydrogen-bond donors (Lipinski definition) is 1. The number of tetrazole rings is 1. The van der Waals surface area contributed by atoms with E-state index in [-0.39, 0.29) is 28.8 Å². The van der Waals surface area contributed by atoms with Crippen molar-refractivity contribution in [3.05, 3.63) is 46.6 Å². The molecular weight excluding hydrogens is 367 g/mol. The van der Waals surface area contributed by atoms with Gasteiger partial charge in [0.05, 0.1) is 10.7 Å². The highest BCUT2D eigenvalue weighted by atomic mass is 35.5. The lowest BCUT2D eigenvalue weighted by Gasteiger charge is -2.04. The second-order valence-electron chi connectivity index (χ2n) is 4.69. The number of pyridine rings is 1. The SMILES string of the molecule is O=C(O)c1cc(Cn2nnc(C(F)(F)F)n2)nn1-c1ncccc1Cl. The molecule has 3 aromatic rings. The van der Waals surface area contributed by atoms with Gasteiger partial charge in [-0.05, 0) is 23.4 Å². The zero-order valence-electron chi connectivity index (χ0n) is 12.0. The molecule has 0 fully saturated rings. The van der Waals surface area contributed by atoms with Crippen LogP contribution in [0.4, 0.5) is 13.2 Å². The maximum absolute atomic E-state index is 12.5. The Morgan fingerprint density at radius 1 is 1.32 bits per heavy atom. The van der Waals surface area contributed by atoms with E-state index in [9.17, 15) is 23.1 Å². The summed E-state index contributed by atoms with van der Waals surface area (Å²) in [7, 11) is 0. The number of aromatic carboxylic acids is 1. The summed E-state index contributed by atoms with van der Waals surface area (Å²) in [6.07, 6.45) is -3.34. The zero-order valence-corrected chi connectivity index (χ0v) is 12.8. The summed E-state index contributed by atoms with van der Waals surface area (Å²) in [6.45, 7) is -0.319. The van der Waals surface area contributed by atoms with Crippen molar-refractivity contribution in [1.29, 1.82) is 0 Å². The van der Waals surface area contributed by atoms with Gasteiger partial charge in [-0.1, -0.05) is 11.6 Å². The van der Waals surface area contributed by atoms with Crippen LogP contribution >= 0.6 is 11.6 Å². The summed E-state index contributed by atoms with van der Waals surface area (Å²) >= 11 is 5.98. The normalized spacial score (nSPS) is 11.7. The van der Waals surface area contributed by atoms with E-state index >= 15 is 0 Å². The minimum Gasteiger partial charge on any atom is -0.477 e. The van der Waals surface area contributed by atoms with E-state index in [4.69, 9.17) is 11.6 Å². The molecule has 13 heteroatoms. The fourth-order valence-corrected chi connectivity index (χ4v) is 2.12. The van der Waals surface area contributed by atoms with E-state index in [1.54, 1.807) is 6.07 Å². The van der Waals surface area contributed by atoms with Crippen LogP contribution in [0.3, 0.4) is 0 Å². The van der Waals surface area contributed by atoms with E-state index in [1.165, 1.54) is 12.3 Å². The fourth-order valence-electron chi connectivity index (χ4n) is 1.92. The van der Waals surface area contributed by atoms with E-state index < -0.39 is 18.0 Å². The van der Waals surface area contributed by atoms with Crippen LogP contribution in [0.25, 0.3) is 5.82 Å². The van der Waals surface area contributed by atoms with Crippen LogP contribution in [0.2, 0.25) is 5.02 Å². The van der Waals surface area contributed by atoms with Crippen LogP contribution in [0, 0.1) is 0 Å². The molecule has 3 heterocycles. The monoisotopic (exact) mass is 373 g/mol. The van der Waals surface area contributed by atoms with Crippen molar-refractivity contribution in [3.8, 4) is 5.82 Å². The number of carbonyl (C=O) groups is 1. The quantitative estimate of drug-likeness (QED) is 0.740. The molecule has 3 aromatic heterocycles. The molecule has 0 aliphatic heterocycles. The van der Waals surface area contributed by atoms with Gasteiger partial charge in [0.2, 0.25) is 0 Å². The Bertz CT molecular complexity index is 937. The molecule has 0 atom stereocenters. The number of rotatable bonds is 4. The fraction of sp³-hybridized carbons (Fsp3) is 0.167. The molecule has 0 bridgehead atoms. The smallest absolute Gasteiger partial charge is 0.455 e. The minimum atomic E-state index is -4.73. The van der Waals surface area contributed by atoms with Gasteiger partial charge in [-0.15, -0.1) is 10.2 Å². The molecule has 0 amide bonds. The number of alkyl halides is 3. The average Bonchev–Trinajstić information content (AvgIpc) is 3.15. The molecule has 1 N–H and O–H groups in total. The zero-order chi connectivity index (χ0) is 18.2. The van der Waals surface area contributed by atoms with Crippen LogP contribution in [-0.4, -0.2) is 46.0 Å². The Kier molecular flexibility index (Phi) is 4.12. The first-order valence-electron chi connectivity index (χ1n) is 6.54. The van der Waals surface area contributed by atoms with Gasteiger partial charge in [0.25, 0.3) is 5.82 Å². The van der Waals surface area contributed by atoms with Crippen LogP contribution in [0.15, 0.2) is 24.4 Å². The molecule has 0 radical (unpaired) electrons. The number of carboxylic acid groups (broad SMARTS) is 1. The Hall–Kier alpha value is -3.02. The highest BCUT2D eigenvalue weighted by Crippen LogP contribution is 2.25. The highest BCUT2D eigenvalue weighted by molar-refractivity contribution is 6.32. The first-order valence-corrected chi connectivity index (χ1v) is 6.91. The lowest BCUT2D eigenvalue weighted by Crippen LogP contribution is -2.11. The first-order chi connectivity index (χ1) is 11.8. The summed E-state index contributed by atoms with van der Waals surface area (Å²) in [5, 5.41) is 22.8. The van der Waals surface area contributed by atoms with Crippen LogP contribution < -0.4 is 0 Å². The van der Waals surface area contributed by atoms with Crippen molar-refractivity contribution in [2.45, 2.75) is 12.7 Å². The number of hydrogen-bond acceptors (Lipinski definition) is 6. The molecule has 0 unspecified atom stereocenters. The molecule has 0 spiro atoms. The topological polar surface area (TPSA) is 112 Å². The lowest BCUT2D eigenvalue weighted by atomic mass is 10.3. The molecule has 0 aromatic carbocycles. The van der Waals surface area contributed by atoms with Gasteiger partial charge in [-0.2, -0.15) is 23.1 Å². The third-order valence-electron chi connectivity index (χ3n) is 2.93. The van der Waals surface area contributed by atoms with Gasteiger partial charge < -0.3 is 5.11 Å². The molecule has 0 saturated heterocycles. The second kappa shape index (κ2) is 6.12. The molecule has 0 aliphatic carbocycles. The predicted molar refractivity (Wildman–Crippen MR) is 75.2 cm³/mol. The van der Waals surface area contributed by atoms with Gasteiger partial charge in [-0.25, -0.2) is 14.5 Å². The van der Waals surface area contributed by atoms with Crippen LogP contribution in [0.1, 0.15) is 22.0 Å². The minimum absolute atomic E-state index is 0.0651. The van der Waals surface area contributed by atoms with E-state index in [2.05, 4.69) is 25.5 Å². The van der Waals surface area contributed by atoms with Crippen molar-refractivity contribution in [2.75, 3.05) is 0 Å². The molecule has 0 aliphatic rings. The van der Waals surface area contributed by atoms with E-state index in [0.717, 1.165) is 10.7 Å². The molecule has 130 valence electrons. The Balaban J connectivity index is 1.96. The molecule has 9 nitrogen and oxygen atoms in total. The van der Waals surface area contributed by atoms with Gasteiger partial charge in [0.15, 0.2) is 11.5 Å². The van der Waals surface area contributed by atoms with E-state index in [1.807, 2.05) is 0 Å². The van der Waals surface area contributed by atoms with Gasteiger partial charge in [0, 0.05) is 6.20 Å². The maximum atomic E-state index is 12.5. The van der Waals surface area contributed by atoms with E-state index in [0.29, 0.717) is 4.80 Å². The Morgan fingerprint density at radius 3 is 2.68 bits per heavy atom.